The number of carbonyl (C=O) groups excluding carboxylic acids is 1. The average Bonchev–Trinajstić information content (AvgIpc) is 2.80. The average molecular weight is 255 g/mol. The molecule has 0 aliphatic carbocycles. The highest BCUT2D eigenvalue weighted by Gasteiger charge is 2.20. The molecule has 8 nitrogen and oxygen atoms in total. The minimum Gasteiger partial charge on any atom is -0.481 e. The third-order valence-corrected chi connectivity index (χ3v) is 2.25. The zero-order valence-corrected chi connectivity index (χ0v) is 9.42. The van der Waals surface area contributed by atoms with Crippen LogP contribution in [0.3, 0.4) is 0 Å². The first kappa shape index (κ1) is 13.7. The molecule has 0 fully saturated rings. The summed E-state index contributed by atoms with van der Waals surface area (Å²) in [6.45, 7) is 0. The Kier molecular flexibility index (Phi) is 4.85. The fourth-order valence-corrected chi connectivity index (χ4v) is 1.33. The van der Waals surface area contributed by atoms with Gasteiger partial charge in [0.25, 0.3) is 5.91 Å². The van der Waals surface area contributed by atoms with Crippen molar-refractivity contribution in [2.75, 3.05) is 0 Å². The molecule has 0 aromatic carbocycles. The van der Waals surface area contributed by atoms with Crippen molar-refractivity contribution in [2.45, 2.75) is 25.3 Å². The second-order valence-corrected chi connectivity index (χ2v) is 3.64. The number of nitrogens with zero attached hydrogens (tertiary/aromatic N) is 1. The maximum absolute atomic E-state index is 11.6. The zero-order valence-electron chi connectivity index (χ0n) is 9.42. The van der Waals surface area contributed by atoms with Crippen LogP contribution in [0.1, 0.15) is 29.6 Å². The molecule has 8 heteroatoms. The number of amides is 1. The van der Waals surface area contributed by atoms with Gasteiger partial charge in [0.1, 0.15) is 6.04 Å². The number of hydrogen-bond acceptors (Lipinski definition) is 4. The Balaban J connectivity index is 2.50. The molecule has 1 atom stereocenters. The maximum Gasteiger partial charge on any atom is 0.326 e. The number of carboxylic acid groups (broad SMARTS) is 2. The predicted molar refractivity (Wildman–Crippen MR) is 59.0 cm³/mol. The summed E-state index contributed by atoms with van der Waals surface area (Å²) in [5, 5.41) is 25.7. The van der Waals surface area contributed by atoms with Crippen molar-refractivity contribution in [1.29, 1.82) is 0 Å². The van der Waals surface area contributed by atoms with Crippen LogP contribution in [-0.4, -0.2) is 44.3 Å². The lowest BCUT2D eigenvalue weighted by molar-refractivity contribution is -0.140. The molecule has 1 rings (SSSR count). The lowest BCUT2D eigenvalue weighted by Crippen LogP contribution is -2.40. The summed E-state index contributed by atoms with van der Waals surface area (Å²) in [6.07, 6.45) is 2.71. The molecule has 0 radical (unpaired) electrons. The van der Waals surface area contributed by atoms with E-state index in [4.69, 9.17) is 10.2 Å². The Morgan fingerprint density at radius 2 is 2.11 bits per heavy atom. The van der Waals surface area contributed by atoms with Crippen molar-refractivity contribution < 1.29 is 24.6 Å². The number of nitrogens with one attached hydrogen (secondary N) is 2. The van der Waals surface area contributed by atoms with Crippen LogP contribution < -0.4 is 5.32 Å². The van der Waals surface area contributed by atoms with Crippen molar-refractivity contribution in [3.05, 3.63) is 18.0 Å². The monoisotopic (exact) mass is 255 g/mol. The van der Waals surface area contributed by atoms with Crippen LogP contribution in [0.2, 0.25) is 0 Å². The molecular formula is C10H13N3O5. The van der Waals surface area contributed by atoms with E-state index in [9.17, 15) is 14.4 Å². The Morgan fingerprint density at radius 1 is 1.39 bits per heavy atom. The maximum atomic E-state index is 11.6. The lowest BCUT2D eigenvalue weighted by Gasteiger charge is -2.13. The van der Waals surface area contributed by atoms with Crippen molar-refractivity contribution in [3.8, 4) is 0 Å². The molecule has 0 bridgehead atoms. The summed E-state index contributed by atoms with van der Waals surface area (Å²) >= 11 is 0. The molecule has 18 heavy (non-hydrogen) atoms. The number of rotatable bonds is 7. The first-order valence-electron chi connectivity index (χ1n) is 5.25. The highest BCUT2D eigenvalue weighted by atomic mass is 16.4. The number of hydrogen-bond donors (Lipinski definition) is 4. The Morgan fingerprint density at radius 3 is 2.61 bits per heavy atom. The van der Waals surface area contributed by atoms with Gasteiger partial charge in [-0.2, -0.15) is 5.10 Å². The van der Waals surface area contributed by atoms with Gasteiger partial charge < -0.3 is 15.5 Å². The van der Waals surface area contributed by atoms with E-state index in [0.29, 0.717) is 0 Å². The second-order valence-electron chi connectivity index (χ2n) is 3.64. The van der Waals surface area contributed by atoms with Crippen molar-refractivity contribution in [1.82, 2.24) is 15.5 Å². The molecular weight excluding hydrogens is 242 g/mol. The van der Waals surface area contributed by atoms with Gasteiger partial charge in [-0.05, 0) is 12.8 Å². The highest BCUT2D eigenvalue weighted by Crippen LogP contribution is 2.03. The third kappa shape index (κ3) is 4.24. The van der Waals surface area contributed by atoms with Gasteiger partial charge in [-0.1, -0.05) is 0 Å². The number of carboxylic acids is 2. The standard InChI is InChI=1S/C10H13N3O5/c14-8(15)3-1-2-7(10(17)18)13-9(16)6-4-11-12-5-6/h4-5,7H,1-3H2,(H,11,12)(H,13,16)(H,14,15)(H,17,18)/t7-/m1/s1. The van der Waals surface area contributed by atoms with Crippen molar-refractivity contribution in [3.63, 3.8) is 0 Å². The Hall–Kier alpha value is -2.38. The largest absolute Gasteiger partial charge is 0.481 e. The van der Waals surface area contributed by atoms with Gasteiger partial charge in [0, 0.05) is 12.6 Å². The predicted octanol–water partition coefficient (Wildman–Crippen LogP) is -0.152. The van der Waals surface area contributed by atoms with Gasteiger partial charge in [0.15, 0.2) is 0 Å². The van der Waals surface area contributed by atoms with E-state index in [0.717, 1.165) is 0 Å². The molecule has 0 aliphatic heterocycles. The molecule has 98 valence electrons. The van der Waals surface area contributed by atoms with Crippen LogP contribution >= 0.6 is 0 Å². The molecule has 4 N–H and O–H groups in total. The quantitative estimate of drug-likeness (QED) is 0.535. The van der Waals surface area contributed by atoms with Gasteiger partial charge >= 0.3 is 11.9 Å². The molecule has 0 saturated heterocycles. The smallest absolute Gasteiger partial charge is 0.326 e. The van der Waals surface area contributed by atoms with Crippen LogP contribution in [0.5, 0.6) is 0 Å². The molecule has 1 aromatic rings. The van der Waals surface area contributed by atoms with Crippen LogP contribution in [0.4, 0.5) is 0 Å². The molecule has 1 heterocycles. The normalized spacial score (nSPS) is 11.8. The minimum atomic E-state index is -1.20. The SMILES string of the molecule is O=C(O)CCC[C@@H](NC(=O)c1cn[nH]c1)C(=O)O. The summed E-state index contributed by atoms with van der Waals surface area (Å²) in [4.78, 5) is 32.8. The summed E-state index contributed by atoms with van der Waals surface area (Å²) in [5.41, 5.74) is 0.222. The second kappa shape index (κ2) is 6.38. The number of aliphatic carboxylic acids is 2. The first-order valence-corrected chi connectivity index (χ1v) is 5.25. The van der Waals surface area contributed by atoms with Gasteiger partial charge in [-0.3, -0.25) is 14.7 Å². The van der Waals surface area contributed by atoms with Crippen LogP contribution in [0.15, 0.2) is 12.4 Å². The number of aromatic amines is 1. The minimum absolute atomic E-state index is 0.0607. The van der Waals surface area contributed by atoms with Gasteiger partial charge in [-0.25, -0.2) is 4.79 Å². The summed E-state index contributed by atoms with van der Waals surface area (Å²) < 4.78 is 0. The molecule has 0 spiro atoms. The fourth-order valence-electron chi connectivity index (χ4n) is 1.33. The molecule has 0 unspecified atom stereocenters. The summed E-state index contributed by atoms with van der Waals surface area (Å²) in [6, 6.07) is -1.10. The van der Waals surface area contributed by atoms with Crippen molar-refractivity contribution >= 4 is 17.8 Å². The van der Waals surface area contributed by atoms with E-state index < -0.39 is 23.9 Å². The van der Waals surface area contributed by atoms with Crippen LogP contribution in [0.25, 0.3) is 0 Å². The number of H-pyrrole nitrogens is 1. The van der Waals surface area contributed by atoms with Crippen molar-refractivity contribution in [2.24, 2.45) is 0 Å². The molecule has 1 amide bonds. The number of carbonyl (C=O) groups is 3. The van der Waals surface area contributed by atoms with E-state index in [-0.39, 0.29) is 24.8 Å². The first-order chi connectivity index (χ1) is 8.50. The van der Waals surface area contributed by atoms with Gasteiger partial charge in [-0.15, -0.1) is 0 Å². The summed E-state index contributed by atoms with van der Waals surface area (Å²) in [5.74, 6) is -2.76. The van der Waals surface area contributed by atoms with E-state index >= 15 is 0 Å². The van der Waals surface area contributed by atoms with Crippen LogP contribution in [-0.2, 0) is 9.59 Å². The third-order valence-electron chi connectivity index (χ3n) is 2.25. The fraction of sp³-hybridized carbons (Fsp3) is 0.400. The molecule has 0 aliphatic rings. The van der Waals surface area contributed by atoms with E-state index in [1.165, 1.54) is 12.4 Å². The number of aromatic nitrogens is 2. The molecule has 1 aromatic heterocycles. The summed E-state index contributed by atoms with van der Waals surface area (Å²) in [7, 11) is 0. The zero-order chi connectivity index (χ0) is 13.5. The Bertz CT molecular complexity index is 429. The van der Waals surface area contributed by atoms with Gasteiger partial charge in [0.2, 0.25) is 0 Å². The van der Waals surface area contributed by atoms with Crippen LogP contribution in [0, 0.1) is 0 Å². The van der Waals surface area contributed by atoms with Gasteiger partial charge in [0.05, 0.1) is 11.8 Å². The lowest BCUT2D eigenvalue weighted by atomic mass is 10.1. The highest BCUT2D eigenvalue weighted by molar-refractivity contribution is 5.96. The Labute approximate surface area is 102 Å². The van der Waals surface area contributed by atoms with E-state index in [1.54, 1.807) is 0 Å². The topological polar surface area (TPSA) is 132 Å². The van der Waals surface area contributed by atoms with E-state index in [1.807, 2.05) is 0 Å². The van der Waals surface area contributed by atoms with E-state index in [2.05, 4.69) is 15.5 Å². The molecule has 0 saturated carbocycles.